The molecule has 0 heterocycles. The Kier molecular flexibility index (Phi) is 8.57. The summed E-state index contributed by atoms with van der Waals surface area (Å²) >= 11 is 0. The van der Waals surface area contributed by atoms with E-state index in [9.17, 15) is 18.0 Å². The monoisotopic (exact) mass is 368 g/mol. The molecule has 1 aromatic rings. The van der Waals surface area contributed by atoms with Gasteiger partial charge in [-0.2, -0.15) is 0 Å². The van der Waals surface area contributed by atoms with Crippen LogP contribution >= 0.6 is 12.4 Å². The molecule has 0 saturated carbocycles. The summed E-state index contributed by atoms with van der Waals surface area (Å²) in [6.07, 6.45) is -3.51. The number of benzene rings is 1. The highest BCUT2D eigenvalue weighted by molar-refractivity contribution is 5.85. The van der Waals surface area contributed by atoms with E-state index in [1.807, 2.05) is 13.8 Å². The fourth-order valence-corrected chi connectivity index (χ4v) is 2.52. The van der Waals surface area contributed by atoms with Crippen LogP contribution in [-0.4, -0.2) is 30.8 Å². The first-order valence-electron chi connectivity index (χ1n) is 7.47. The van der Waals surface area contributed by atoms with Crippen LogP contribution < -0.4 is 10.5 Å². The molecule has 1 rings (SSSR count). The van der Waals surface area contributed by atoms with Crippen molar-refractivity contribution in [2.45, 2.75) is 39.6 Å². The average Bonchev–Trinajstić information content (AvgIpc) is 2.48. The Hall–Kier alpha value is -1.47. The van der Waals surface area contributed by atoms with Gasteiger partial charge in [0.2, 0.25) is 5.91 Å². The first-order chi connectivity index (χ1) is 10.7. The summed E-state index contributed by atoms with van der Waals surface area (Å²) in [7, 11) is 1.62. The molecule has 0 aliphatic carbocycles. The number of hydrogen-bond acceptors (Lipinski definition) is 3. The molecule has 1 amide bonds. The van der Waals surface area contributed by atoms with Crippen LogP contribution in [0.4, 0.5) is 13.2 Å². The highest BCUT2D eigenvalue weighted by Crippen LogP contribution is 2.28. The van der Waals surface area contributed by atoms with Crippen LogP contribution in [0.15, 0.2) is 24.3 Å². The van der Waals surface area contributed by atoms with Crippen molar-refractivity contribution in [1.29, 1.82) is 0 Å². The summed E-state index contributed by atoms with van der Waals surface area (Å²) in [6, 6.07) is 5.61. The maximum absolute atomic E-state index is 12.6. The smallest absolute Gasteiger partial charge is 0.406 e. The number of amides is 1. The Bertz CT molecular complexity index is 526. The number of nitrogens with zero attached hydrogens (tertiary/aromatic N) is 1. The molecular formula is C16H24ClF3N2O2. The molecular weight excluding hydrogens is 345 g/mol. The van der Waals surface area contributed by atoms with Gasteiger partial charge in [0.15, 0.2) is 0 Å². The van der Waals surface area contributed by atoms with Gasteiger partial charge in [-0.1, -0.05) is 26.0 Å². The number of ether oxygens (including phenoxy) is 1. The topological polar surface area (TPSA) is 55.6 Å². The van der Waals surface area contributed by atoms with Crippen LogP contribution in [0.1, 0.15) is 32.3 Å². The Morgan fingerprint density at radius 3 is 2.29 bits per heavy atom. The first kappa shape index (κ1) is 22.5. The van der Waals surface area contributed by atoms with E-state index < -0.39 is 11.8 Å². The number of carbonyl (C=O) groups excluding carboxylic acids is 1. The molecule has 0 fully saturated rings. The third kappa shape index (κ3) is 5.87. The molecule has 0 atom stereocenters. The zero-order valence-corrected chi connectivity index (χ0v) is 14.8. The molecule has 0 spiro atoms. The van der Waals surface area contributed by atoms with Gasteiger partial charge >= 0.3 is 6.36 Å². The van der Waals surface area contributed by atoms with E-state index in [0.29, 0.717) is 18.4 Å². The van der Waals surface area contributed by atoms with Gasteiger partial charge in [0, 0.05) is 20.1 Å². The first-order valence-corrected chi connectivity index (χ1v) is 7.47. The average molecular weight is 369 g/mol. The van der Waals surface area contributed by atoms with E-state index in [4.69, 9.17) is 5.73 Å². The van der Waals surface area contributed by atoms with Crippen LogP contribution in [0.2, 0.25) is 0 Å². The van der Waals surface area contributed by atoms with Crippen molar-refractivity contribution in [2.24, 2.45) is 11.1 Å². The lowest BCUT2D eigenvalue weighted by Crippen LogP contribution is -2.45. The summed E-state index contributed by atoms with van der Waals surface area (Å²) in [6.45, 7) is 4.23. The second-order valence-electron chi connectivity index (χ2n) is 5.55. The summed E-state index contributed by atoms with van der Waals surface area (Å²) < 4.78 is 40.7. The van der Waals surface area contributed by atoms with E-state index >= 15 is 0 Å². The van der Waals surface area contributed by atoms with Crippen LogP contribution in [0.5, 0.6) is 5.75 Å². The van der Waals surface area contributed by atoms with Crippen molar-refractivity contribution in [2.75, 3.05) is 13.6 Å². The molecule has 8 heteroatoms. The molecule has 24 heavy (non-hydrogen) atoms. The minimum absolute atomic E-state index is 0. The summed E-state index contributed by atoms with van der Waals surface area (Å²) in [5.74, 6) is -0.404. The van der Waals surface area contributed by atoms with E-state index in [1.54, 1.807) is 13.1 Å². The maximum atomic E-state index is 12.6. The lowest BCUT2D eigenvalue weighted by atomic mass is 9.81. The van der Waals surface area contributed by atoms with Gasteiger partial charge in [-0.05, 0) is 30.5 Å². The van der Waals surface area contributed by atoms with Gasteiger partial charge in [-0.25, -0.2) is 0 Å². The van der Waals surface area contributed by atoms with Crippen LogP contribution in [0.25, 0.3) is 0 Å². The number of carbonyl (C=O) groups is 1. The van der Waals surface area contributed by atoms with Gasteiger partial charge in [-0.15, -0.1) is 25.6 Å². The van der Waals surface area contributed by atoms with Gasteiger partial charge in [0.1, 0.15) is 5.75 Å². The molecule has 0 aliphatic rings. The Morgan fingerprint density at radius 1 is 1.25 bits per heavy atom. The van der Waals surface area contributed by atoms with Crippen LogP contribution in [0.3, 0.4) is 0 Å². The number of rotatable bonds is 7. The second-order valence-corrected chi connectivity index (χ2v) is 5.55. The lowest BCUT2D eigenvalue weighted by molar-refractivity contribution is -0.274. The third-order valence-electron chi connectivity index (χ3n) is 4.10. The SMILES string of the molecule is CCC(CC)(CN)C(=O)N(C)Cc1cccc(OC(F)(F)F)c1.Cl. The predicted octanol–water partition coefficient (Wildman–Crippen LogP) is 3.73. The molecule has 4 nitrogen and oxygen atoms in total. The van der Waals surface area contributed by atoms with E-state index in [2.05, 4.69) is 4.74 Å². The van der Waals surface area contributed by atoms with Crippen molar-refractivity contribution in [1.82, 2.24) is 4.90 Å². The fourth-order valence-electron chi connectivity index (χ4n) is 2.52. The summed E-state index contributed by atoms with van der Waals surface area (Å²) in [5.41, 5.74) is 5.69. The minimum atomic E-state index is -4.74. The van der Waals surface area contributed by atoms with Crippen molar-refractivity contribution < 1.29 is 22.7 Å². The van der Waals surface area contributed by atoms with Crippen molar-refractivity contribution in [3.63, 3.8) is 0 Å². The van der Waals surface area contributed by atoms with E-state index in [-0.39, 0.29) is 37.2 Å². The number of halogens is 4. The van der Waals surface area contributed by atoms with Gasteiger partial charge in [0.05, 0.1) is 5.41 Å². The molecule has 138 valence electrons. The Balaban J connectivity index is 0.00000529. The molecule has 0 unspecified atom stereocenters. The number of hydrogen-bond donors (Lipinski definition) is 1. The standard InChI is InChI=1S/C16H23F3N2O2.ClH/c1-4-15(5-2,11-20)14(22)21(3)10-12-7-6-8-13(9-12)23-16(17,18)19;/h6-9H,4-5,10-11,20H2,1-3H3;1H. The summed E-state index contributed by atoms with van der Waals surface area (Å²) in [5, 5.41) is 0. The van der Waals surface area contributed by atoms with Crippen molar-refractivity contribution in [3.05, 3.63) is 29.8 Å². The highest BCUT2D eigenvalue weighted by atomic mass is 35.5. The molecule has 1 aromatic carbocycles. The van der Waals surface area contributed by atoms with Crippen molar-refractivity contribution in [3.8, 4) is 5.75 Å². The Morgan fingerprint density at radius 2 is 1.83 bits per heavy atom. The zero-order valence-electron chi connectivity index (χ0n) is 14.0. The van der Waals surface area contributed by atoms with Gasteiger partial charge in [-0.3, -0.25) is 4.79 Å². The molecule has 0 aromatic heterocycles. The van der Waals surface area contributed by atoms with E-state index in [1.165, 1.54) is 23.1 Å². The predicted molar refractivity (Wildman–Crippen MR) is 88.9 cm³/mol. The molecule has 0 bridgehead atoms. The largest absolute Gasteiger partial charge is 0.573 e. The number of alkyl halides is 3. The Labute approximate surface area is 146 Å². The minimum Gasteiger partial charge on any atom is -0.406 e. The maximum Gasteiger partial charge on any atom is 0.573 e. The normalized spacial score (nSPS) is 11.6. The second kappa shape index (κ2) is 9.13. The van der Waals surface area contributed by atoms with Crippen LogP contribution in [-0.2, 0) is 11.3 Å². The fraction of sp³-hybridized carbons (Fsp3) is 0.562. The molecule has 0 radical (unpaired) electrons. The van der Waals surface area contributed by atoms with Crippen LogP contribution in [0, 0.1) is 5.41 Å². The van der Waals surface area contributed by atoms with E-state index in [0.717, 1.165) is 0 Å². The quantitative estimate of drug-likeness (QED) is 0.797. The highest BCUT2D eigenvalue weighted by Gasteiger charge is 2.35. The molecule has 0 aliphatic heterocycles. The zero-order chi connectivity index (χ0) is 17.7. The molecule has 0 saturated heterocycles. The van der Waals surface area contributed by atoms with Crippen molar-refractivity contribution >= 4 is 18.3 Å². The molecule has 2 N–H and O–H groups in total. The summed E-state index contributed by atoms with van der Waals surface area (Å²) in [4.78, 5) is 14.1. The third-order valence-corrected chi connectivity index (χ3v) is 4.10. The number of nitrogens with two attached hydrogens (primary N) is 1. The van der Waals surface area contributed by atoms with Gasteiger partial charge < -0.3 is 15.4 Å². The lowest BCUT2D eigenvalue weighted by Gasteiger charge is -2.33. The van der Waals surface area contributed by atoms with Gasteiger partial charge in [0.25, 0.3) is 0 Å².